The van der Waals surface area contributed by atoms with Gasteiger partial charge in [-0.3, -0.25) is 0 Å². The van der Waals surface area contributed by atoms with Crippen LogP contribution in [0.4, 0.5) is 11.5 Å². The second-order valence-corrected chi connectivity index (χ2v) is 7.03. The Bertz CT molecular complexity index is 1080. The molecule has 0 unspecified atom stereocenters. The quantitative estimate of drug-likeness (QED) is 0.289. The average Bonchev–Trinajstić information content (AvgIpc) is 2.85. The van der Waals surface area contributed by atoms with E-state index in [-0.39, 0.29) is 0 Å². The highest BCUT2D eigenvalue weighted by molar-refractivity contribution is 5.93. The molecule has 0 atom stereocenters. The predicted molar refractivity (Wildman–Crippen MR) is 128 cm³/mol. The molecule has 33 heavy (non-hydrogen) atoms. The number of fused-ring (bicyclic) bond motifs is 1. The average molecular weight is 452 g/mol. The molecule has 0 aliphatic heterocycles. The second kappa shape index (κ2) is 12.6. The van der Waals surface area contributed by atoms with Gasteiger partial charge in [-0.15, -0.1) is 6.42 Å². The van der Waals surface area contributed by atoms with Gasteiger partial charge in [0.15, 0.2) is 11.5 Å². The van der Waals surface area contributed by atoms with E-state index < -0.39 is 0 Å². The highest BCUT2D eigenvalue weighted by Crippen LogP contribution is 2.37. The van der Waals surface area contributed by atoms with Crippen LogP contribution in [0.2, 0.25) is 0 Å². The third-order valence-corrected chi connectivity index (χ3v) is 4.87. The Labute approximate surface area is 194 Å². The minimum Gasteiger partial charge on any atom is -0.487 e. The van der Waals surface area contributed by atoms with E-state index in [9.17, 15) is 0 Å². The third kappa shape index (κ3) is 6.33. The number of benzene rings is 2. The van der Waals surface area contributed by atoms with Gasteiger partial charge in [0.1, 0.15) is 25.4 Å². The summed E-state index contributed by atoms with van der Waals surface area (Å²) in [4.78, 5) is 11.1. The number of methoxy groups -OCH3 is 3. The van der Waals surface area contributed by atoms with Gasteiger partial charge in [-0.2, -0.15) is 0 Å². The normalized spacial score (nSPS) is 10.7. The van der Waals surface area contributed by atoms with E-state index >= 15 is 0 Å². The number of ether oxygens (including phenoxy) is 5. The standard InChI is InChI=1S/C25H29N3O5/c1-5-19-7-6-8-20(15-19)28(9-10-29-2)25-21-16-23(32-13-11-30-3)24(33-14-12-31-4)17-22(21)26-18-27-25/h1,6-8,15-18H,9-14H2,2-4H3. The van der Waals surface area contributed by atoms with Gasteiger partial charge >= 0.3 is 0 Å². The van der Waals surface area contributed by atoms with Crippen LogP contribution in [0.25, 0.3) is 10.9 Å². The van der Waals surface area contributed by atoms with E-state index in [2.05, 4.69) is 20.8 Å². The minimum absolute atomic E-state index is 0.378. The fraction of sp³-hybridized carbons (Fsp3) is 0.360. The smallest absolute Gasteiger partial charge is 0.163 e. The summed E-state index contributed by atoms with van der Waals surface area (Å²) in [5.74, 6) is 4.56. The third-order valence-electron chi connectivity index (χ3n) is 4.87. The first-order valence-corrected chi connectivity index (χ1v) is 10.6. The molecule has 0 fully saturated rings. The number of terminal acetylenes is 1. The van der Waals surface area contributed by atoms with Crippen LogP contribution in [0.1, 0.15) is 5.56 Å². The molecule has 0 radical (unpaired) electrons. The topological polar surface area (TPSA) is 75.2 Å². The number of hydrogen-bond acceptors (Lipinski definition) is 8. The summed E-state index contributed by atoms with van der Waals surface area (Å²) in [6.07, 6.45) is 7.16. The van der Waals surface area contributed by atoms with Crippen LogP contribution >= 0.6 is 0 Å². The van der Waals surface area contributed by atoms with Crippen LogP contribution in [-0.2, 0) is 14.2 Å². The zero-order valence-electron chi connectivity index (χ0n) is 19.2. The Balaban J connectivity index is 2.09. The molecular weight excluding hydrogens is 422 g/mol. The van der Waals surface area contributed by atoms with Crippen molar-refractivity contribution in [2.24, 2.45) is 0 Å². The molecular formula is C25H29N3O5. The van der Waals surface area contributed by atoms with Gasteiger partial charge in [-0.1, -0.05) is 12.0 Å². The van der Waals surface area contributed by atoms with E-state index in [1.165, 1.54) is 6.33 Å². The summed E-state index contributed by atoms with van der Waals surface area (Å²) >= 11 is 0. The molecule has 0 spiro atoms. The number of nitrogens with zero attached hydrogens (tertiary/aromatic N) is 3. The highest BCUT2D eigenvalue weighted by atomic mass is 16.5. The summed E-state index contributed by atoms with van der Waals surface area (Å²) in [6, 6.07) is 11.5. The van der Waals surface area contributed by atoms with E-state index in [0.717, 1.165) is 22.2 Å². The molecule has 0 aliphatic rings. The van der Waals surface area contributed by atoms with Gasteiger partial charge in [0.05, 0.1) is 25.3 Å². The Morgan fingerprint density at radius 1 is 0.848 bits per heavy atom. The van der Waals surface area contributed by atoms with Gasteiger partial charge in [0.2, 0.25) is 0 Å². The maximum atomic E-state index is 5.96. The summed E-state index contributed by atoms with van der Waals surface area (Å²) in [7, 11) is 4.92. The molecule has 8 nitrogen and oxygen atoms in total. The molecule has 0 saturated carbocycles. The molecule has 0 N–H and O–H groups in total. The minimum atomic E-state index is 0.378. The first-order valence-electron chi connectivity index (χ1n) is 10.6. The molecule has 3 aromatic rings. The SMILES string of the molecule is C#Cc1cccc(N(CCOC)c2ncnc3cc(OCCOC)c(OCCOC)cc23)c1. The van der Waals surface area contributed by atoms with Gasteiger partial charge in [0, 0.05) is 50.6 Å². The van der Waals surface area contributed by atoms with E-state index in [0.29, 0.717) is 56.9 Å². The number of aromatic nitrogens is 2. The van der Waals surface area contributed by atoms with Gasteiger partial charge < -0.3 is 28.6 Å². The van der Waals surface area contributed by atoms with Gasteiger partial charge in [-0.25, -0.2) is 9.97 Å². The Hall–Kier alpha value is -3.38. The lowest BCUT2D eigenvalue weighted by Crippen LogP contribution is -2.23. The molecule has 0 aliphatic carbocycles. The van der Waals surface area contributed by atoms with Crippen LogP contribution < -0.4 is 14.4 Å². The molecule has 3 rings (SSSR count). The van der Waals surface area contributed by atoms with Crippen molar-refractivity contribution in [3.05, 3.63) is 48.3 Å². The number of rotatable bonds is 13. The fourth-order valence-electron chi connectivity index (χ4n) is 3.26. The summed E-state index contributed by atoms with van der Waals surface area (Å²) in [5.41, 5.74) is 2.41. The van der Waals surface area contributed by atoms with Crippen LogP contribution in [0, 0.1) is 12.3 Å². The lowest BCUT2D eigenvalue weighted by molar-refractivity contribution is 0.132. The van der Waals surface area contributed by atoms with Crippen LogP contribution in [0.3, 0.4) is 0 Å². The molecule has 174 valence electrons. The first-order chi connectivity index (χ1) is 16.2. The predicted octanol–water partition coefficient (Wildman–Crippen LogP) is 3.45. The Morgan fingerprint density at radius 3 is 2.21 bits per heavy atom. The highest BCUT2D eigenvalue weighted by Gasteiger charge is 2.18. The molecule has 1 heterocycles. The molecule has 2 aromatic carbocycles. The van der Waals surface area contributed by atoms with Crippen molar-refractivity contribution >= 4 is 22.4 Å². The van der Waals surface area contributed by atoms with Crippen molar-refractivity contribution in [2.45, 2.75) is 0 Å². The van der Waals surface area contributed by atoms with Crippen LogP contribution in [-0.4, -0.2) is 70.9 Å². The summed E-state index contributed by atoms with van der Waals surface area (Å²) < 4.78 is 27.4. The second-order valence-electron chi connectivity index (χ2n) is 7.03. The van der Waals surface area contributed by atoms with E-state index in [1.54, 1.807) is 21.3 Å². The largest absolute Gasteiger partial charge is 0.487 e. The zero-order chi connectivity index (χ0) is 23.5. The van der Waals surface area contributed by atoms with Crippen molar-refractivity contribution in [3.8, 4) is 23.8 Å². The summed E-state index contributed by atoms with van der Waals surface area (Å²) in [6.45, 7) is 2.75. The zero-order valence-corrected chi connectivity index (χ0v) is 19.2. The van der Waals surface area contributed by atoms with Crippen molar-refractivity contribution in [1.29, 1.82) is 0 Å². The lowest BCUT2D eigenvalue weighted by Gasteiger charge is -2.25. The molecule has 0 amide bonds. The molecule has 8 heteroatoms. The molecule has 0 saturated heterocycles. The van der Waals surface area contributed by atoms with Crippen molar-refractivity contribution in [3.63, 3.8) is 0 Å². The lowest BCUT2D eigenvalue weighted by atomic mass is 10.1. The van der Waals surface area contributed by atoms with E-state index in [4.69, 9.17) is 30.1 Å². The van der Waals surface area contributed by atoms with Gasteiger partial charge in [0.25, 0.3) is 0 Å². The van der Waals surface area contributed by atoms with Crippen molar-refractivity contribution < 1.29 is 23.7 Å². The summed E-state index contributed by atoms with van der Waals surface area (Å²) in [5, 5.41) is 0.811. The van der Waals surface area contributed by atoms with Crippen molar-refractivity contribution in [1.82, 2.24) is 9.97 Å². The molecule has 1 aromatic heterocycles. The monoisotopic (exact) mass is 451 g/mol. The van der Waals surface area contributed by atoms with Gasteiger partial charge in [-0.05, 0) is 24.3 Å². The first kappa shape index (κ1) is 24.3. The Morgan fingerprint density at radius 2 is 1.55 bits per heavy atom. The number of anilines is 2. The number of hydrogen-bond donors (Lipinski definition) is 0. The molecule has 0 bridgehead atoms. The van der Waals surface area contributed by atoms with E-state index in [1.807, 2.05) is 36.4 Å². The Kier molecular flexibility index (Phi) is 9.27. The van der Waals surface area contributed by atoms with Crippen LogP contribution in [0.5, 0.6) is 11.5 Å². The fourth-order valence-corrected chi connectivity index (χ4v) is 3.26. The van der Waals surface area contributed by atoms with Crippen molar-refractivity contribution in [2.75, 3.05) is 65.8 Å². The maximum absolute atomic E-state index is 5.96. The van der Waals surface area contributed by atoms with Crippen LogP contribution in [0.15, 0.2) is 42.7 Å². The maximum Gasteiger partial charge on any atom is 0.163 e.